The Labute approximate surface area is 99.9 Å². The van der Waals surface area contributed by atoms with E-state index in [1.54, 1.807) is 19.1 Å². The number of carbonyl (C=O) groups is 1. The van der Waals surface area contributed by atoms with Crippen LogP contribution in [0.1, 0.15) is 24.0 Å². The molecule has 0 amide bonds. The van der Waals surface area contributed by atoms with Gasteiger partial charge in [0.25, 0.3) is 0 Å². The molecule has 1 aromatic carbocycles. The van der Waals surface area contributed by atoms with Crippen LogP contribution in [0.4, 0.5) is 4.39 Å². The Morgan fingerprint density at radius 3 is 3.00 bits per heavy atom. The van der Waals surface area contributed by atoms with Gasteiger partial charge in [0.05, 0.1) is 0 Å². The Morgan fingerprint density at radius 2 is 2.35 bits per heavy atom. The van der Waals surface area contributed by atoms with Crippen LogP contribution in [0, 0.1) is 12.7 Å². The van der Waals surface area contributed by atoms with Crippen LogP contribution >= 0.6 is 0 Å². The quantitative estimate of drug-likeness (QED) is 0.876. The molecule has 1 saturated heterocycles. The molecule has 0 aromatic heterocycles. The van der Waals surface area contributed by atoms with Gasteiger partial charge in [-0.3, -0.25) is 9.69 Å². The first kappa shape index (κ1) is 12.0. The highest BCUT2D eigenvalue weighted by Gasteiger charge is 2.30. The largest absolute Gasteiger partial charge is 0.480 e. The van der Waals surface area contributed by atoms with E-state index in [1.807, 2.05) is 4.90 Å². The van der Waals surface area contributed by atoms with E-state index < -0.39 is 5.97 Å². The number of nitrogens with zero attached hydrogens (tertiary/aromatic N) is 1. The first-order valence-electron chi connectivity index (χ1n) is 5.80. The lowest BCUT2D eigenvalue weighted by Crippen LogP contribution is -2.35. The van der Waals surface area contributed by atoms with E-state index in [-0.39, 0.29) is 11.9 Å². The molecule has 1 aliphatic rings. The van der Waals surface area contributed by atoms with Crippen LogP contribution in [0.2, 0.25) is 0 Å². The van der Waals surface area contributed by atoms with Gasteiger partial charge in [0.15, 0.2) is 0 Å². The highest BCUT2D eigenvalue weighted by atomic mass is 19.1. The zero-order chi connectivity index (χ0) is 12.4. The summed E-state index contributed by atoms with van der Waals surface area (Å²) in [6.07, 6.45) is 1.62. The Hall–Kier alpha value is -1.42. The van der Waals surface area contributed by atoms with Gasteiger partial charge >= 0.3 is 5.97 Å². The third kappa shape index (κ3) is 2.64. The van der Waals surface area contributed by atoms with Crippen LogP contribution < -0.4 is 0 Å². The fourth-order valence-corrected chi connectivity index (χ4v) is 2.33. The molecule has 1 aliphatic heterocycles. The molecule has 17 heavy (non-hydrogen) atoms. The second-order valence-corrected chi connectivity index (χ2v) is 4.55. The molecule has 1 fully saturated rings. The predicted octanol–water partition coefficient (Wildman–Crippen LogP) is 2.18. The monoisotopic (exact) mass is 237 g/mol. The summed E-state index contributed by atoms with van der Waals surface area (Å²) in [6.45, 7) is 3.10. The van der Waals surface area contributed by atoms with E-state index in [1.165, 1.54) is 6.07 Å². The maximum Gasteiger partial charge on any atom is 0.320 e. The summed E-state index contributed by atoms with van der Waals surface area (Å²) in [4.78, 5) is 13.0. The zero-order valence-corrected chi connectivity index (χ0v) is 9.82. The average Bonchev–Trinajstić information content (AvgIpc) is 2.72. The molecular formula is C13H16FNO2. The van der Waals surface area contributed by atoms with Crippen molar-refractivity contribution < 1.29 is 14.3 Å². The van der Waals surface area contributed by atoms with Crippen molar-refractivity contribution in [3.05, 3.63) is 35.1 Å². The van der Waals surface area contributed by atoms with E-state index in [0.29, 0.717) is 18.5 Å². The van der Waals surface area contributed by atoms with Gasteiger partial charge in [-0.25, -0.2) is 4.39 Å². The lowest BCUT2D eigenvalue weighted by atomic mass is 10.1. The van der Waals surface area contributed by atoms with Crippen molar-refractivity contribution in [2.75, 3.05) is 6.54 Å². The normalized spacial score (nSPS) is 20.7. The molecule has 1 aromatic rings. The van der Waals surface area contributed by atoms with Crippen molar-refractivity contribution in [3.63, 3.8) is 0 Å². The van der Waals surface area contributed by atoms with Crippen LogP contribution in [0.3, 0.4) is 0 Å². The summed E-state index contributed by atoms with van der Waals surface area (Å²) >= 11 is 0. The van der Waals surface area contributed by atoms with Crippen LogP contribution in [0.15, 0.2) is 18.2 Å². The van der Waals surface area contributed by atoms with Crippen LogP contribution in [-0.4, -0.2) is 28.6 Å². The molecule has 0 aliphatic carbocycles. The maximum atomic E-state index is 13.1. The SMILES string of the molecule is Cc1cc(CN2CCCC2C(=O)O)ccc1F. The summed E-state index contributed by atoms with van der Waals surface area (Å²) in [7, 11) is 0. The number of aryl methyl sites for hydroxylation is 1. The van der Waals surface area contributed by atoms with Crippen molar-refractivity contribution in [2.45, 2.75) is 32.4 Å². The van der Waals surface area contributed by atoms with Crippen LogP contribution in [-0.2, 0) is 11.3 Å². The van der Waals surface area contributed by atoms with Gasteiger partial charge < -0.3 is 5.11 Å². The lowest BCUT2D eigenvalue weighted by Gasteiger charge is -2.21. The summed E-state index contributed by atoms with van der Waals surface area (Å²) in [5.41, 5.74) is 1.57. The first-order chi connectivity index (χ1) is 8.08. The van der Waals surface area contributed by atoms with E-state index >= 15 is 0 Å². The minimum atomic E-state index is -0.763. The van der Waals surface area contributed by atoms with Gasteiger partial charge in [-0.2, -0.15) is 0 Å². The zero-order valence-electron chi connectivity index (χ0n) is 9.82. The molecule has 1 N–H and O–H groups in total. The minimum Gasteiger partial charge on any atom is -0.480 e. The molecular weight excluding hydrogens is 221 g/mol. The van der Waals surface area contributed by atoms with Crippen molar-refractivity contribution in [2.24, 2.45) is 0 Å². The fraction of sp³-hybridized carbons (Fsp3) is 0.462. The Kier molecular flexibility index (Phi) is 3.43. The molecule has 0 radical (unpaired) electrons. The van der Waals surface area contributed by atoms with E-state index in [2.05, 4.69) is 0 Å². The molecule has 0 saturated carbocycles. The number of aliphatic carboxylic acids is 1. The molecule has 4 heteroatoms. The number of halogens is 1. The van der Waals surface area contributed by atoms with Crippen LogP contribution in [0.5, 0.6) is 0 Å². The smallest absolute Gasteiger partial charge is 0.320 e. The number of carboxylic acid groups (broad SMARTS) is 1. The minimum absolute atomic E-state index is 0.218. The van der Waals surface area contributed by atoms with E-state index in [4.69, 9.17) is 5.11 Å². The van der Waals surface area contributed by atoms with Gasteiger partial charge in [-0.15, -0.1) is 0 Å². The molecule has 1 atom stereocenters. The van der Waals surface area contributed by atoms with Gasteiger partial charge in [0.1, 0.15) is 11.9 Å². The number of rotatable bonds is 3. The Bertz CT molecular complexity index is 433. The van der Waals surface area contributed by atoms with E-state index in [0.717, 1.165) is 18.5 Å². The van der Waals surface area contributed by atoms with Gasteiger partial charge in [0.2, 0.25) is 0 Å². The predicted molar refractivity (Wildman–Crippen MR) is 62.2 cm³/mol. The maximum absolute atomic E-state index is 13.1. The average molecular weight is 237 g/mol. The molecule has 1 heterocycles. The highest BCUT2D eigenvalue weighted by Crippen LogP contribution is 2.21. The molecule has 3 nitrogen and oxygen atoms in total. The van der Waals surface area contributed by atoms with Crippen molar-refractivity contribution in [3.8, 4) is 0 Å². The second-order valence-electron chi connectivity index (χ2n) is 4.55. The van der Waals surface area contributed by atoms with Gasteiger partial charge in [-0.05, 0) is 43.5 Å². The first-order valence-corrected chi connectivity index (χ1v) is 5.80. The van der Waals surface area contributed by atoms with Crippen LogP contribution in [0.25, 0.3) is 0 Å². The fourth-order valence-electron chi connectivity index (χ4n) is 2.33. The van der Waals surface area contributed by atoms with Crippen molar-refractivity contribution in [1.29, 1.82) is 0 Å². The topological polar surface area (TPSA) is 40.5 Å². The van der Waals surface area contributed by atoms with Crippen molar-refractivity contribution in [1.82, 2.24) is 4.90 Å². The van der Waals surface area contributed by atoms with Crippen molar-refractivity contribution >= 4 is 5.97 Å². The van der Waals surface area contributed by atoms with Gasteiger partial charge in [-0.1, -0.05) is 12.1 Å². The summed E-state index contributed by atoms with van der Waals surface area (Å²) in [5.74, 6) is -0.980. The second kappa shape index (κ2) is 4.84. The molecule has 1 unspecified atom stereocenters. The number of likely N-dealkylation sites (tertiary alicyclic amines) is 1. The summed E-state index contributed by atoms with van der Waals surface area (Å²) < 4.78 is 13.1. The third-order valence-corrected chi connectivity index (χ3v) is 3.26. The van der Waals surface area contributed by atoms with E-state index in [9.17, 15) is 9.18 Å². The molecule has 2 rings (SSSR count). The summed E-state index contributed by atoms with van der Waals surface area (Å²) in [5, 5.41) is 9.06. The van der Waals surface area contributed by atoms with Gasteiger partial charge in [0, 0.05) is 6.54 Å². The number of benzene rings is 1. The molecule has 0 spiro atoms. The number of hydrogen-bond acceptors (Lipinski definition) is 2. The highest BCUT2D eigenvalue weighted by molar-refractivity contribution is 5.73. The lowest BCUT2D eigenvalue weighted by molar-refractivity contribution is -0.142. The molecule has 92 valence electrons. The third-order valence-electron chi connectivity index (χ3n) is 3.26. The number of hydrogen-bond donors (Lipinski definition) is 1. The Balaban J connectivity index is 2.09. The molecule has 0 bridgehead atoms. The summed E-state index contributed by atoms with van der Waals surface area (Å²) in [6, 6.07) is 4.56. The number of carboxylic acids is 1. The Morgan fingerprint density at radius 1 is 1.59 bits per heavy atom. The standard InChI is InChI=1S/C13H16FNO2/c1-9-7-10(4-5-11(9)14)8-15-6-2-3-12(15)13(16)17/h4-5,7,12H,2-3,6,8H2,1H3,(H,16,17).